The van der Waals surface area contributed by atoms with Crippen LogP contribution in [-0.4, -0.2) is 11.7 Å². The number of benzene rings is 1. The summed E-state index contributed by atoms with van der Waals surface area (Å²) in [6.07, 6.45) is 2.58. The van der Waals surface area contributed by atoms with Crippen molar-refractivity contribution < 1.29 is 4.79 Å². The summed E-state index contributed by atoms with van der Waals surface area (Å²) in [5.41, 5.74) is 2.14. The Morgan fingerprint density at radius 1 is 1.50 bits per heavy atom. The van der Waals surface area contributed by atoms with Crippen molar-refractivity contribution in [1.82, 2.24) is 5.32 Å². The zero-order chi connectivity index (χ0) is 13.1. The average Bonchev–Trinajstić information content (AvgIpc) is 2.28. The standard InChI is InChI=1S/C14H16ClNOS/c1-9(2)7-14(17)16-12-5-6-18-13-4-3-10(15)8-11(12)13/h3-4,7-8,12H,5-6H2,1-2H3,(H,16,17). The number of carbonyl (C=O) groups excluding carboxylic acids is 1. The largest absolute Gasteiger partial charge is 0.346 e. The number of nitrogens with one attached hydrogen (secondary N) is 1. The molecule has 4 heteroatoms. The highest BCUT2D eigenvalue weighted by Crippen LogP contribution is 2.37. The Kier molecular flexibility index (Phi) is 4.36. The summed E-state index contributed by atoms with van der Waals surface area (Å²) in [5, 5.41) is 3.77. The fourth-order valence-corrected chi connectivity index (χ4v) is 3.28. The van der Waals surface area contributed by atoms with Gasteiger partial charge in [-0.1, -0.05) is 17.2 Å². The van der Waals surface area contributed by atoms with Gasteiger partial charge in [-0.25, -0.2) is 0 Å². The van der Waals surface area contributed by atoms with Crippen molar-refractivity contribution in [3.05, 3.63) is 40.4 Å². The molecule has 0 saturated carbocycles. The van der Waals surface area contributed by atoms with Gasteiger partial charge in [-0.3, -0.25) is 4.79 Å². The van der Waals surface area contributed by atoms with Crippen molar-refractivity contribution >= 4 is 29.3 Å². The van der Waals surface area contributed by atoms with E-state index in [1.165, 1.54) is 4.90 Å². The monoisotopic (exact) mass is 281 g/mol. The maximum absolute atomic E-state index is 11.8. The predicted octanol–water partition coefficient (Wildman–Crippen LogP) is 3.96. The van der Waals surface area contributed by atoms with Gasteiger partial charge in [0.05, 0.1) is 6.04 Å². The second kappa shape index (κ2) is 5.81. The SMILES string of the molecule is CC(C)=CC(=O)NC1CCSc2ccc(Cl)cc21. The highest BCUT2D eigenvalue weighted by atomic mass is 35.5. The molecule has 0 saturated heterocycles. The summed E-state index contributed by atoms with van der Waals surface area (Å²) in [4.78, 5) is 13.0. The number of allylic oxidation sites excluding steroid dienone is 1. The molecule has 1 unspecified atom stereocenters. The summed E-state index contributed by atoms with van der Waals surface area (Å²) >= 11 is 7.85. The van der Waals surface area contributed by atoms with E-state index in [0.29, 0.717) is 0 Å². The van der Waals surface area contributed by atoms with Crippen LogP contribution in [0.1, 0.15) is 31.9 Å². The van der Waals surface area contributed by atoms with Gasteiger partial charge in [0.1, 0.15) is 0 Å². The van der Waals surface area contributed by atoms with Gasteiger partial charge in [0.15, 0.2) is 0 Å². The van der Waals surface area contributed by atoms with Crippen LogP contribution in [0.15, 0.2) is 34.7 Å². The molecule has 0 spiro atoms. The van der Waals surface area contributed by atoms with Crippen LogP contribution in [0.5, 0.6) is 0 Å². The highest BCUT2D eigenvalue weighted by molar-refractivity contribution is 7.99. The fourth-order valence-electron chi connectivity index (χ4n) is 1.99. The Hall–Kier alpha value is -0.930. The van der Waals surface area contributed by atoms with Gasteiger partial charge < -0.3 is 5.32 Å². The van der Waals surface area contributed by atoms with Gasteiger partial charge in [-0.2, -0.15) is 0 Å². The molecule has 2 rings (SSSR count). The molecule has 1 N–H and O–H groups in total. The zero-order valence-corrected chi connectivity index (χ0v) is 12.1. The van der Waals surface area contributed by atoms with E-state index in [2.05, 4.69) is 5.32 Å². The Bertz CT molecular complexity index is 495. The van der Waals surface area contributed by atoms with Gasteiger partial charge in [0.2, 0.25) is 5.91 Å². The lowest BCUT2D eigenvalue weighted by Gasteiger charge is -2.25. The van der Waals surface area contributed by atoms with E-state index in [1.807, 2.05) is 43.8 Å². The molecule has 2 nitrogen and oxygen atoms in total. The first-order valence-corrected chi connectivity index (χ1v) is 7.30. The third kappa shape index (κ3) is 3.30. The van der Waals surface area contributed by atoms with Crippen molar-refractivity contribution in [2.45, 2.75) is 31.2 Å². The number of hydrogen-bond donors (Lipinski definition) is 1. The summed E-state index contributed by atoms with van der Waals surface area (Å²) in [5.74, 6) is 0.992. The first kappa shape index (κ1) is 13.5. The molecule has 1 aromatic carbocycles. The summed E-state index contributed by atoms with van der Waals surface area (Å²) in [6.45, 7) is 3.84. The molecule has 0 fully saturated rings. The summed E-state index contributed by atoms with van der Waals surface area (Å²) in [6, 6.07) is 5.95. The Labute approximate surface area is 117 Å². The first-order valence-electron chi connectivity index (χ1n) is 5.94. The quantitative estimate of drug-likeness (QED) is 0.832. The molecule has 0 aliphatic carbocycles. The number of amides is 1. The van der Waals surface area contributed by atoms with Crippen LogP contribution in [-0.2, 0) is 4.79 Å². The Balaban J connectivity index is 2.19. The molecule has 1 aromatic rings. The summed E-state index contributed by atoms with van der Waals surface area (Å²) < 4.78 is 0. The number of halogens is 1. The van der Waals surface area contributed by atoms with Crippen LogP contribution in [0.4, 0.5) is 0 Å². The molecule has 1 atom stereocenters. The van der Waals surface area contributed by atoms with Crippen molar-refractivity contribution in [1.29, 1.82) is 0 Å². The lowest BCUT2D eigenvalue weighted by atomic mass is 10.0. The lowest BCUT2D eigenvalue weighted by molar-refractivity contribution is -0.117. The predicted molar refractivity (Wildman–Crippen MR) is 77.1 cm³/mol. The molecule has 0 radical (unpaired) electrons. The van der Waals surface area contributed by atoms with Crippen molar-refractivity contribution in [2.24, 2.45) is 0 Å². The minimum absolute atomic E-state index is 0.0298. The van der Waals surface area contributed by atoms with Crippen LogP contribution >= 0.6 is 23.4 Å². The molecule has 0 aromatic heterocycles. The highest BCUT2D eigenvalue weighted by Gasteiger charge is 2.21. The molecular formula is C14H16ClNOS. The average molecular weight is 282 g/mol. The normalized spacial score (nSPS) is 17.8. The van der Waals surface area contributed by atoms with E-state index in [9.17, 15) is 4.79 Å². The van der Waals surface area contributed by atoms with E-state index in [4.69, 9.17) is 11.6 Å². The molecule has 1 aliphatic rings. The van der Waals surface area contributed by atoms with E-state index >= 15 is 0 Å². The molecule has 1 amide bonds. The first-order chi connectivity index (χ1) is 8.56. The topological polar surface area (TPSA) is 29.1 Å². The minimum atomic E-state index is -0.0298. The van der Waals surface area contributed by atoms with Crippen LogP contribution in [0.3, 0.4) is 0 Å². The van der Waals surface area contributed by atoms with Crippen LogP contribution < -0.4 is 5.32 Å². The van der Waals surface area contributed by atoms with Gasteiger partial charge in [0.25, 0.3) is 0 Å². The maximum Gasteiger partial charge on any atom is 0.244 e. The third-order valence-corrected chi connectivity index (χ3v) is 4.11. The molecule has 1 heterocycles. The Morgan fingerprint density at radius 2 is 2.28 bits per heavy atom. The van der Waals surface area contributed by atoms with Crippen molar-refractivity contribution in [3.63, 3.8) is 0 Å². The van der Waals surface area contributed by atoms with Crippen molar-refractivity contribution in [3.8, 4) is 0 Å². The van der Waals surface area contributed by atoms with Crippen molar-refractivity contribution in [2.75, 3.05) is 5.75 Å². The molecule has 0 bridgehead atoms. The second-order valence-electron chi connectivity index (χ2n) is 4.60. The third-order valence-electron chi connectivity index (χ3n) is 2.75. The number of thioether (sulfide) groups is 1. The van der Waals surface area contributed by atoms with Gasteiger partial charge in [-0.05, 0) is 44.0 Å². The maximum atomic E-state index is 11.8. The molecule has 96 valence electrons. The van der Waals surface area contributed by atoms with Crippen LogP contribution in [0, 0.1) is 0 Å². The molecular weight excluding hydrogens is 266 g/mol. The Morgan fingerprint density at radius 3 is 3.00 bits per heavy atom. The minimum Gasteiger partial charge on any atom is -0.346 e. The van der Waals surface area contributed by atoms with E-state index in [0.717, 1.165) is 28.3 Å². The smallest absolute Gasteiger partial charge is 0.244 e. The van der Waals surface area contributed by atoms with Gasteiger partial charge in [-0.15, -0.1) is 11.8 Å². The van der Waals surface area contributed by atoms with E-state index in [1.54, 1.807) is 6.08 Å². The zero-order valence-electron chi connectivity index (χ0n) is 10.5. The fraction of sp³-hybridized carbons (Fsp3) is 0.357. The van der Waals surface area contributed by atoms with E-state index < -0.39 is 0 Å². The van der Waals surface area contributed by atoms with Crippen LogP contribution in [0.25, 0.3) is 0 Å². The van der Waals surface area contributed by atoms with Crippen LogP contribution in [0.2, 0.25) is 5.02 Å². The summed E-state index contributed by atoms with van der Waals surface area (Å²) in [7, 11) is 0. The van der Waals surface area contributed by atoms with Gasteiger partial charge >= 0.3 is 0 Å². The molecule has 18 heavy (non-hydrogen) atoms. The van der Waals surface area contributed by atoms with E-state index in [-0.39, 0.29) is 11.9 Å². The number of fused-ring (bicyclic) bond motifs is 1. The van der Waals surface area contributed by atoms with Gasteiger partial charge in [0, 0.05) is 21.7 Å². The number of carbonyl (C=O) groups is 1. The number of hydrogen-bond acceptors (Lipinski definition) is 2. The second-order valence-corrected chi connectivity index (χ2v) is 6.18. The number of rotatable bonds is 2. The lowest BCUT2D eigenvalue weighted by Crippen LogP contribution is -2.29. The molecule has 1 aliphatic heterocycles.